The minimum Gasteiger partial charge on any atom is -0.260 e. The largest absolute Gasteiger partial charge is 0.260 e. The molecule has 1 aromatic carbocycles. The lowest BCUT2D eigenvalue weighted by Gasteiger charge is -2.10. The molecule has 1 heterocycles. The van der Waals surface area contributed by atoms with Crippen molar-refractivity contribution in [3.05, 3.63) is 57.3 Å². The van der Waals surface area contributed by atoms with E-state index in [4.69, 9.17) is 11.6 Å². The van der Waals surface area contributed by atoms with Gasteiger partial charge in [-0.2, -0.15) is 0 Å². The van der Waals surface area contributed by atoms with E-state index in [2.05, 4.69) is 25.6 Å². The first-order valence-corrected chi connectivity index (χ1v) is 8.41. The zero-order valence-electron chi connectivity index (χ0n) is 10.6. The van der Waals surface area contributed by atoms with Crippen LogP contribution in [0, 0.1) is 6.92 Å². The molecule has 0 fully saturated rings. The second-order valence-electron chi connectivity index (χ2n) is 4.18. The van der Waals surface area contributed by atoms with Crippen molar-refractivity contribution in [2.75, 3.05) is 0 Å². The van der Waals surface area contributed by atoms with E-state index in [1.54, 1.807) is 30.5 Å². The predicted octanol–water partition coefficient (Wildman–Crippen LogP) is 3.28. The van der Waals surface area contributed by atoms with Crippen LogP contribution in [0.5, 0.6) is 0 Å². The zero-order chi connectivity index (χ0) is 14.8. The summed E-state index contributed by atoms with van der Waals surface area (Å²) in [4.78, 5) is 4.18. The van der Waals surface area contributed by atoms with Gasteiger partial charge >= 0.3 is 0 Å². The molecule has 106 valence electrons. The first-order valence-electron chi connectivity index (χ1n) is 5.75. The van der Waals surface area contributed by atoms with E-state index >= 15 is 0 Å². The average Bonchev–Trinajstić information content (AvgIpc) is 2.42. The fourth-order valence-corrected chi connectivity index (χ4v) is 3.99. The standard InChI is InChI=1S/C13H12BrClN2O2S/c1-9-6-11(14)13(7-12(9)15)20(18,19)17-8-10-4-2-3-5-16-10/h2-7,17H,8H2,1H3. The van der Waals surface area contributed by atoms with Gasteiger partial charge in [0.05, 0.1) is 17.1 Å². The molecule has 0 amide bonds. The van der Waals surface area contributed by atoms with E-state index in [-0.39, 0.29) is 11.4 Å². The maximum Gasteiger partial charge on any atom is 0.242 e. The summed E-state index contributed by atoms with van der Waals surface area (Å²) in [5.74, 6) is 0. The Balaban J connectivity index is 2.25. The second kappa shape index (κ2) is 6.22. The van der Waals surface area contributed by atoms with Crippen LogP contribution in [0.3, 0.4) is 0 Å². The molecule has 0 unspecified atom stereocenters. The first-order chi connectivity index (χ1) is 9.40. The third-order valence-electron chi connectivity index (χ3n) is 2.67. The molecule has 7 heteroatoms. The Kier molecular flexibility index (Phi) is 4.80. The lowest BCUT2D eigenvalue weighted by atomic mass is 10.2. The van der Waals surface area contributed by atoms with Crippen molar-refractivity contribution < 1.29 is 8.42 Å². The van der Waals surface area contributed by atoms with Gasteiger partial charge in [0.25, 0.3) is 0 Å². The number of benzene rings is 1. The normalized spacial score (nSPS) is 11.6. The maximum atomic E-state index is 12.3. The van der Waals surface area contributed by atoms with Crippen molar-refractivity contribution in [3.63, 3.8) is 0 Å². The molecule has 0 saturated heterocycles. The molecular weight excluding hydrogens is 364 g/mol. The molecule has 2 rings (SSSR count). The van der Waals surface area contributed by atoms with E-state index < -0.39 is 10.0 Å². The Bertz CT molecular complexity index is 721. The van der Waals surface area contributed by atoms with Crippen molar-refractivity contribution in [3.8, 4) is 0 Å². The summed E-state index contributed by atoms with van der Waals surface area (Å²) in [6.45, 7) is 1.94. The lowest BCUT2D eigenvalue weighted by molar-refractivity contribution is 0.580. The van der Waals surface area contributed by atoms with Gasteiger partial charge < -0.3 is 0 Å². The summed E-state index contributed by atoms with van der Waals surface area (Å²) in [5, 5.41) is 0.409. The highest BCUT2D eigenvalue weighted by molar-refractivity contribution is 9.10. The zero-order valence-corrected chi connectivity index (χ0v) is 13.8. The molecule has 0 aliphatic carbocycles. The number of hydrogen-bond donors (Lipinski definition) is 1. The summed E-state index contributed by atoms with van der Waals surface area (Å²) in [5.41, 5.74) is 1.45. The Morgan fingerprint density at radius 3 is 2.75 bits per heavy atom. The molecule has 0 saturated carbocycles. The molecule has 0 spiro atoms. The molecule has 0 radical (unpaired) electrons. The van der Waals surface area contributed by atoms with Crippen LogP contribution in [0.15, 0.2) is 45.9 Å². The third-order valence-corrected chi connectivity index (χ3v) is 5.44. The number of sulfonamides is 1. The molecule has 0 aliphatic rings. The van der Waals surface area contributed by atoms with Crippen molar-refractivity contribution in [1.29, 1.82) is 0 Å². The smallest absolute Gasteiger partial charge is 0.242 e. The highest BCUT2D eigenvalue weighted by Gasteiger charge is 2.19. The van der Waals surface area contributed by atoms with E-state index in [0.29, 0.717) is 15.2 Å². The molecular formula is C13H12BrClN2O2S. The quantitative estimate of drug-likeness (QED) is 0.892. The minimum absolute atomic E-state index is 0.115. The second-order valence-corrected chi connectivity index (χ2v) is 7.17. The number of aryl methyl sites for hydroxylation is 1. The molecule has 0 bridgehead atoms. The minimum atomic E-state index is -3.65. The number of aromatic nitrogens is 1. The van der Waals surface area contributed by atoms with Crippen molar-refractivity contribution in [2.24, 2.45) is 0 Å². The number of nitrogens with zero attached hydrogens (tertiary/aromatic N) is 1. The van der Waals surface area contributed by atoms with Crippen molar-refractivity contribution in [1.82, 2.24) is 9.71 Å². The average molecular weight is 376 g/mol. The van der Waals surface area contributed by atoms with Gasteiger partial charge in [0.1, 0.15) is 0 Å². The number of halogens is 2. The van der Waals surface area contributed by atoms with E-state index in [9.17, 15) is 8.42 Å². The Morgan fingerprint density at radius 2 is 2.10 bits per heavy atom. The highest BCUT2D eigenvalue weighted by Crippen LogP contribution is 2.28. The van der Waals surface area contributed by atoms with E-state index in [0.717, 1.165) is 5.56 Å². The van der Waals surface area contributed by atoms with Crippen LogP contribution in [0.1, 0.15) is 11.3 Å². The third kappa shape index (κ3) is 3.58. The van der Waals surface area contributed by atoms with Gasteiger partial charge in [-0.05, 0) is 52.7 Å². The fraction of sp³-hybridized carbons (Fsp3) is 0.154. The number of rotatable bonds is 4. The maximum absolute atomic E-state index is 12.3. The Hall–Kier alpha value is -0.950. The summed E-state index contributed by atoms with van der Waals surface area (Å²) in [7, 11) is -3.65. The van der Waals surface area contributed by atoms with Gasteiger partial charge in [0, 0.05) is 15.7 Å². The van der Waals surface area contributed by atoms with Gasteiger partial charge in [-0.3, -0.25) is 4.98 Å². The van der Waals surface area contributed by atoms with Crippen LogP contribution in [0.25, 0.3) is 0 Å². The number of hydrogen-bond acceptors (Lipinski definition) is 3. The molecule has 0 aliphatic heterocycles. The molecule has 20 heavy (non-hydrogen) atoms. The molecule has 1 N–H and O–H groups in total. The van der Waals surface area contributed by atoms with Crippen LogP contribution < -0.4 is 4.72 Å². The van der Waals surface area contributed by atoms with Gasteiger partial charge in [-0.15, -0.1) is 0 Å². The highest BCUT2D eigenvalue weighted by atomic mass is 79.9. The summed E-state index contributed by atoms with van der Waals surface area (Å²) in [6, 6.07) is 8.43. The Morgan fingerprint density at radius 1 is 1.35 bits per heavy atom. The molecule has 0 atom stereocenters. The van der Waals surface area contributed by atoms with Gasteiger partial charge in [0.15, 0.2) is 0 Å². The number of nitrogens with one attached hydrogen (secondary N) is 1. The van der Waals surface area contributed by atoms with Crippen molar-refractivity contribution in [2.45, 2.75) is 18.4 Å². The lowest BCUT2D eigenvalue weighted by Crippen LogP contribution is -2.24. The Labute approximate surface area is 131 Å². The monoisotopic (exact) mass is 374 g/mol. The van der Waals surface area contributed by atoms with E-state index in [1.165, 1.54) is 6.07 Å². The van der Waals surface area contributed by atoms with Crippen LogP contribution in [-0.4, -0.2) is 13.4 Å². The van der Waals surface area contributed by atoms with Crippen molar-refractivity contribution >= 4 is 37.6 Å². The SMILES string of the molecule is Cc1cc(Br)c(S(=O)(=O)NCc2ccccn2)cc1Cl. The van der Waals surface area contributed by atoms with Crippen LogP contribution >= 0.6 is 27.5 Å². The van der Waals surface area contributed by atoms with Gasteiger partial charge in [0.2, 0.25) is 10.0 Å². The predicted molar refractivity (Wildman–Crippen MR) is 82.2 cm³/mol. The first kappa shape index (κ1) is 15.4. The topological polar surface area (TPSA) is 59.1 Å². The fourth-order valence-electron chi connectivity index (χ4n) is 1.58. The number of pyridine rings is 1. The van der Waals surface area contributed by atoms with E-state index in [1.807, 2.05) is 6.92 Å². The van der Waals surface area contributed by atoms with Crippen LogP contribution in [-0.2, 0) is 16.6 Å². The summed E-state index contributed by atoms with van der Waals surface area (Å²) < 4.78 is 27.5. The van der Waals surface area contributed by atoms with Crippen LogP contribution in [0.4, 0.5) is 0 Å². The summed E-state index contributed by atoms with van der Waals surface area (Å²) in [6.07, 6.45) is 1.61. The van der Waals surface area contributed by atoms with Crippen LogP contribution in [0.2, 0.25) is 5.02 Å². The molecule has 4 nitrogen and oxygen atoms in total. The summed E-state index contributed by atoms with van der Waals surface area (Å²) >= 11 is 9.23. The molecule has 1 aromatic heterocycles. The molecule has 2 aromatic rings. The van der Waals surface area contributed by atoms with Gasteiger partial charge in [-0.1, -0.05) is 17.7 Å². The van der Waals surface area contributed by atoms with Gasteiger partial charge in [-0.25, -0.2) is 13.1 Å².